The summed E-state index contributed by atoms with van der Waals surface area (Å²) < 4.78 is 0.257. The summed E-state index contributed by atoms with van der Waals surface area (Å²) in [6.45, 7) is 0. The molecule has 2 aromatic heterocycles. The van der Waals surface area contributed by atoms with Crippen LogP contribution >= 0.6 is 34.3 Å². The summed E-state index contributed by atoms with van der Waals surface area (Å²) in [5, 5.41) is 12.7. The number of thiophene rings is 1. The number of halogens is 1. The highest BCUT2D eigenvalue weighted by Gasteiger charge is 2.20. The van der Waals surface area contributed by atoms with Crippen LogP contribution in [0.3, 0.4) is 0 Å². The monoisotopic (exact) mass is 335 g/mol. The van der Waals surface area contributed by atoms with Crippen LogP contribution in [0, 0.1) is 0 Å². The fourth-order valence-electron chi connectivity index (χ4n) is 1.91. The molecule has 3 rings (SSSR count). The van der Waals surface area contributed by atoms with Gasteiger partial charge in [-0.05, 0) is 28.6 Å². The summed E-state index contributed by atoms with van der Waals surface area (Å²) in [6, 6.07) is 13.6. The number of hydrogen-bond acceptors (Lipinski definition) is 5. The first kappa shape index (κ1) is 14.2. The van der Waals surface area contributed by atoms with E-state index in [9.17, 15) is 4.79 Å². The van der Waals surface area contributed by atoms with Crippen LogP contribution in [0.5, 0.6) is 0 Å². The van der Waals surface area contributed by atoms with Crippen molar-refractivity contribution in [3.63, 3.8) is 0 Å². The van der Waals surface area contributed by atoms with Gasteiger partial charge in [0.1, 0.15) is 0 Å². The van der Waals surface area contributed by atoms with Gasteiger partial charge in [0.25, 0.3) is 5.91 Å². The predicted molar refractivity (Wildman–Crippen MR) is 85.0 cm³/mol. The molecule has 0 bridgehead atoms. The quantitative estimate of drug-likeness (QED) is 0.789. The number of nitrogens with zero attached hydrogens (tertiary/aromatic N) is 2. The number of hydrogen-bond donors (Lipinski definition) is 1. The molecule has 1 amide bonds. The fourth-order valence-corrected chi connectivity index (χ4v) is 3.44. The van der Waals surface area contributed by atoms with Crippen molar-refractivity contribution >= 4 is 40.2 Å². The Morgan fingerprint density at radius 1 is 1.14 bits per heavy atom. The van der Waals surface area contributed by atoms with Crippen LogP contribution in [0.2, 0.25) is 4.47 Å². The Bertz CT molecular complexity index is 728. The van der Waals surface area contributed by atoms with E-state index in [1.54, 1.807) is 11.3 Å². The minimum Gasteiger partial charge on any atom is -0.338 e. The molecule has 1 atom stereocenters. The minimum atomic E-state index is -0.276. The van der Waals surface area contributed by atoms with E-state index in [2.05, 4.69) is 15.5 Å². The smallest absolute Gasteiger partial charge is 0.283 e. The van der Waals surface area contributed by atoms with Crippen molar-refractivity contribution in [1.29, 1.82) is 0 Å². The second-order valence-corrected chi connectivity index (χ2v) is 6.73. The Hall–Kier alpha value is -1.76. The summed E-state index contributed by atoms with van der Waals surface area (Å²) in [7, 11) is 0. The number of carbonyl (C=O) groups is 1. The van der Waals surface area contributed by atoms with Gasteiger partial charge < -0.3 is 5.32 Å². The first-order valence-electron chi connectivity index (χ1n) is 6.12. The zero-order valence-electron chi connectivity index (χ0n) is 10.7. The van der Waals surface area contributed by atoms with Gasteiger partial charge in [-0.3, -0.25) is 4.79 Å². The van der Waals surface area contributed by atoms with Gasteiger partial charge in [-0.2, -0.15) is 0 Å². The van der Waals surface area contributed by atoms with Gasteiger partial charge in [0.2, 0.25) is 9.47 Å². The summed E-state index contributed by atoms with van der Waals surface area (Å²) >= 11 is 8.38. The Morgan fingerprint density at radius 3 is 2.57 bits per heavy atom. The van der Waals surface area contributed by atoms with Crippen LogP contribution in [-0.4, -0.2) is 16.1 Å². The van der Waals surface area contributed by atoms with E-state index in [-0.39, 0.29) is 21.4 Å². The van der Waals surface area contributed by atoms with Gasteiger partial charge in [0.15, 0.2) is 0 Å². The van der Waals surface area contributed by atoms with Gasteiger partial charge in [-0.1, -0.05) is 47.7 Å². The van der Waals surface area contributed by atoms with Crippen LogP contribution in [0.25, 0.3) is 0 Å². The molecule has 0 spiro atoms. The molecule has 1 unspecified atom stereocenters. The first-order valence-corrected chi connectivity index (χ1v) is 8.19. The molecule has 106 valence electrons. The average Bonchev–Trinajstić information content (AvgIpc) is 3.17. The number of amides is 1. The average molecular weight is 336 g/mol. The molecule has 7 heteroatoms. The van der Waals surface area contributed by atoms with Crippen molar-refractivity contribution in [2.75, 3.05) is 0 Å². The number of carbonyl (C=O) groups excluding carboxylic acids is 1. The molecule has 4 nitrogen and oxygen atoms in total. The van der Waals surface area contributed by atoms with E-state index in [0.29, 0.717) is 0 Å². The zero-order chi connectivity index (χ0) is 14.7. The van der Waals surface area contributed by atoms with E-state index in [4.69, 9.17) is 11.6 Å². The number of aromatic nitrogens is 2. The molecule has 0 aliphatic carbocycles. The zero-order valence-corrected chi connectivity index (χ0v) is 13.1. The lowest BCUT2D eigenvalue weighted by atomic mass is 10.1. The highest BCUT2D eigenvalue weighted by molar-refractivity contribution is 7.17. The molecular formula is C14H10ClN3OS2. The molecule has 1 N–H and O–H groups in total. The third-order valence-electron chi connectivity index (χ3n) is 2.83. The van der Waals surface area contributed by atoms with E-state index in [1.807, 2.05) is 47.8 Å². The van der Waals surface area contributed by atoms with Crippen LogP contribution in [0.15, 0.2) is 47.8 Å². The fraction of sp³-hybridized carbons (Fsp3) is 0.0714. The number of rotatable bonds is 4. The molecule has 0 saturated carbocycles. The molecule has 21 heavy (non-hydrogen) atoms. The Morgan fingerprint density at radius 2 is 1.95 bits per heavy atom. The maximum absolute atomic E-state index is 12.3. The van der Waals surface area contributed by atoms with Gasteiger partial charge in [-0.25, -0.2) is 0 Å². The SMILES string of the molecule is O=C(NC(c1ccccc1)c1cccs1)c1nnc(Cl)s1. The molecule has 1 aromatic carbocycles. The molecular weight excluding hydrogens is 326 g/mol. The molecule has 0 radical (unpaired) electrons. The van der Waals surface area contributed by atoms with E-state index >= 15 is 0 Å². The summed E-state index contributed by atoms with van der Waals surface area (Å²) in [4.78, 5) is 13.3. The second-order valence-electron chi connectivity index (χ2n) is 4.19. The molecule has 3 aromatic rings. The van der Waals surface area contributed by atoms with Gasteiger partial charge in [0.05, 0.1) is 6.04 Å². The maximum atomic E-state index is 12.3. The van der Waals surface area contributed by atoms with Crippen molar-refractivity contribution in [2.45, 2.75) is 6.04 Å². The molecule has 0 fully saturated rings. The van der Waals surface area contributed by atoms with Crippen molar-refractivity contribution in [1.82, 2.24) is 15.5 Å². The molecule has 2 heterocycles. The molecule has 0 saturated heterocycles. The number of nitrogens with one attached hydrogen (secondary N) is 1. The van der Waals surface area contributed by atoms with Gasteiger partial charge >= 0.3 is 0 Å². The Kier molecular flexibility index (Phi) is 4.28. The Balaban J connectivity index is 1.88. The van der Waals surface area contributed by atoms with E-state index in [0.717, 1.165) is 21.8 Å². The van der Waals surface area contributed by atoms with Crippen molar-refractivity contribution in [3.8, 4) is 0 Å². The summed E-state index contributed by atoms with van der Waals surface area (Å²) in [6.07, 6.45) is 0. The molecule has 0 aliphatic rings. The third kappa shape index (κ3) is 3.29. The first-order chi connectivity index (χ1) is 10.2. The van der Waals surface area contributed by atoms with Gasteiger partial charge in [-0.15, -0.1) is 21.5 Å². The van der Waals surface area contributed by atoms with Crippen LogP contribution in [0.1, 0.15) is 26.3 Å². The minimum absolute atomic E-state index is 0.207. The third-order valence-corrected chi connectivity index (χ3v) is 4.79. The van der Waals surface area contributed by atoms with Crippen molar-refractivity contribution in [2.24, 2.45) is 0 Å². The lowest BCUT2D eigenvalue weighted by Gasteiger charge is -2.17. The summed E-state index contributed by atoms with van der Waals surface area (Å²) in [5.74, 6) is -0.276. The highest BCUT2D eigenvalue weighted by Crippen LogP contribution is 2.26. The normalized spacial score (nSPS) is 12.0. The predicted octanol–water partition coefficient (Wildman–Crippen LogP) is 3.77. The van der Waals surface area contributed by atoms with E-state index < -0.39 is 0 Å². The topological polar surface area (TPSA) is 54.9 Å². The second kappa shape index (κ2) is 6.34. The standard InChI is InChI=1S/C14H10ClN3OS2/c15-14-18-17-13(21-14)12(19)16-11(10-7-4-8-20-10)9-5-2-1-3-6-9/h1-8,11H,(H,16,19). The lowest BCUT2D eigenvalue weighted by Crippen LogP contribution is -2.28. The van der Waals surface area contributed by atoms with Crippen molar-refractivity contribution in [3.05, 3.63) is 67.8 Å². The maximum Gasteiger partial charge on any atom is 0.283 e. The molecule has 0 aliphatic heterocycles. The van der Waals surface area contributed by atoms with E-state index in [1.165, 1.54) is 0 Å². The van der Waals surface area contributed by atoms with Gasteiger partial charge in [0, 0.05) is 4.88 Å². The largest absolute Gasteiger partial charge is 0.338 e. The Labute approximate surface area is 134 Å². The van der Waals surface area contributed by atoms with Crippen LogP contribution < -0.4 is 5.32 Å². The lowest BCUT2D eigenvalue weighted by molar-refractivity contribution is 0.0942. The van der Waals surface area contributed by atoms with Crippen molar-refractivity contribution < 1.29 is 4.79 Å². The van der Waals surface area contributed by atoms with Crippen LogP contribution in [0.4, 0.5) is 0 Å². The highest BCUT2D eigenvalue weighted by atomic mass is 35.5. The number of benzene rings is 1. The van der Waals surface area contributed by atoms with Crippen LogP contribution in [-0.2, 0) is 0 Å². The summed E-state index contributed by atoms with van der Waals surface area (Å²) in [5.41, 5.74) is 1.02.